The maximum absolute atomic E-state index is 12.4. The first kappa shape index (κ1) is 15.0. The normalized spacial score (nSPS) is 17.3. The summed E-state index contributed by atoms with van der Waals surface area (Å²) in [4.78, 5) is 17.0. The molecule has 22 heavy (non-hydrogen) atoms. The van der Waals surface area contributed by atoms with Gasteiger partial charge in [0.1, 0.15) is 5.75 Å². The molecule has 1 aromatic carbocycles. The van der Waals surface area contributed by atoms with Crippen LogP contribution in [0.2, 0.25) is 0 Å². The number of aromatic amines is 1. The summed E-state index contributed by atoms with van der Waals surface area (Å²) in [7, 11) is 1.65. The molecule has 6 heteroatoms. The van der Waals surface area contributed by atoms with Crippen LogP contribution in [0.15, 0.2) is 34.1 Å². The molecule has 1 aromatic heterocycles. The molecule has 0 unspecified atom stereocenters. The molecule has 116 valence electrons. The lowest BCUT2D eigenvalue weighted by Crippen LogP contribution is -2.13. The van der Waals surface area contributed by atoms with Gasteiger partial charge in [0.05, 0.1) is 23.0 Å². The lowest BCUT2D eigenvalue weighted by atomic mass is 10.1. The number of hydrogen-bond acceptors (Lipinski definition) is 4. The average molecular weight is 317 g/mol. The highest BCUT2D eigenvalue weighted by Crippen LogP contribution is 2.44. The Balaban J connectivity index is 2.17. The summed E-state index contributed by atoms with van der Waals surface area (Å²) in [6.45, 7) is 6.04. The van der Waals surface area contributed by atoms with E-state index in [1.54, 1.807) is 18.9 Å². The first-order valence-electron chi connectivity index (χ1n) is 7.21. The lowest BCUT2D eigenvalue weighted by Gasteiger charge is -2.21. The van der Waals surface area contributed by atoms with Gasteiger partial charge in [-0.05, 0) is 38.5 Å². The predicted molar refractivity (Wildman–Crippen MR) is 90.6 cm³/mol. The molecule has 0 aliphatic carbocycles. The number of ether oxygens (including phenoxy) is 1. The van der Waals surface area contributed by atoms with Gasteiger partial charge in [-0.3, -0.25) is 14.6 Å². The fourth-order valence-corrected chi connectivity index (χ4v) is 3.72. The van der Waals surface area contributed by atoms with Crippen LogP contribution in [-0.2, 0) is 0 Å². The Morgan fingerprint density at radius 2 is 2.18 bits per heavy atom. The number of fused-ring (bicyclic) bond motifs is 1. The molecule has 0 saturated carbocycles. The number of benzene rings is 1. The Morgan fingerprint density at radius 1 is 1.41 bits per heavy atom. The molecule has 1 aliphatic rings. The second-order valence-electron chi connectivity index (χ2n) is 5.55. The number of aromatic nitrogens is 2. The van der Waals surface area contributed by atoms with Gasteiger partial charge >= 0.3 is 0 Å². The summed E-state index contributed by atoms with van der Waals surface area (Å²) in [5.74, 6) is 1.53. The van der Waals surface area contributed by atoms with Crippen LogP contribution in [0.1, 0.15) is 43.2 Å². The van der Waals surface area contributed by atoms with Crippen LogP contribution in [0, 0.1) is 0 Å². The van der Waals surface area contributed by atoms with Gasteiger partial charge in [-0.2, -0.15) is 0 Å². The van der Waals surface area contributed by atoms with Crippen molar-refractivity contribution in [3.05, 3.63) is 45.7 Å². The molecular weight excluding hydrogens is 298 g/mol. The summed E-state index contributed by atoms with van der Waals surface area (Å²) < 4.78 is 7.14. The second-order valence-corrected chi connectivity index (χ2v) is 6.85. The Hall–Kier alpha value is -1.95. The summed E-state index contributed by atoms with van der Waals surface area (Å²) >= 11 is 1.60. The highest BCUT2D eigenvalue weighted by molar-refractivity contribution is 8.14. The number of methoxy groups -OCH3 is 1. The van der Waals surface area contributed by atoms with E-state index in [1.165, 1.54) is 0 Å². The highest BCUT2D eigenvalue weighted by atomic mass is 32.2. The van der Waals surface area contributed by atoms with E-state index in [1.807, 2.05) is 49.7 Å². The van der Waals surface area contributed by atoms with Crippen molar-refractivity contribution in [2.45, 2.75) is 32.1 Å². The van der Waals surface area contributed by atoms with Crippen LogP contribution in [-0.4, -0.2) is 21.9 Å². The SMILES string of the molecule is COc1cccc([C@@H]2SC(C)=Nc3c2c(=O)[nH]n3C(C)C)c1. The third-order valence-corrected chi connectivity index (χ3v) is 4.84. The van der Waals surface area contributed by atoms with Crippen molar-refractivity contribution in [3.63, 3.8) is 0 Å². The number of thioether (sulfide) groups is 1. The van der Waals surface area contributed by atoms with E-state index in [-0.39, 0.29) is 16.9 Å². The largest absolute Gasteiger partial charge is 0.497 e. The van der Waals surface area contributed by atoms with Crippen LogP contribution < -0.4 is 10.3 Å². The van der Waals surface area contributed by atoms with E-state index in [0.29, 0.717) is 0 Å². The number of rotatable bonds is 3. The maximum Gasteiger partial charge on any atom is 0.271 e. The molecule has 2 heterocycles. The van der Waals surface area contributed by atoms with E-state index in [9.17, 15) is 4.79 Å². The summed E-state index contributed by atoms with van der Waals surface area (Å²) in [6, 6.07) is 8.01. The Bertz CT molecular complexity index is 789. The van der Waals surface area contributed by atoms with Crippen LogP contribution in [0.3, 0.4) is 0 Å². The molecule has 3 rings (SSSR count). The van der Waals surface area contributed by atoms with E-state index in [2.05, 4.69) is 10.1 Å². The first-order chi connectivity index (χ1) is 10.5. The van der Waals surface area contributed by atoms with Crippen molar-refractivity contribution >= 4 is 22.6 Å². The molecule has 0 bridgehead atoms. The van der Waals surface area contributed by atoms with Gasteiger partial charge in [-0.1, -0.05) is 23.9 Å². The molecule has 1 atom stereocenters. The van der Waals surface area contributed by atoms with Gasteiger partial charge < -0.3 is 4.74 Å². The van der Waals surface area contributed by atoms with Gasteiger partial charge in [-0.15, -0.1) is 0 Å². The number of nitrogens with zero attached hydrogens (tertiary/aromatic N) is 2. The monoisotopic (exact) mass is 317 g/mol. The summed E-state index contributed by atoms with van der Waals surface area (Å²) in [5.41, 5.74) is 1.70. The fourth-order valence-electron chi connectivity index (χ4n) is 2.62. The number of hydrogen-bond donors (Lipinski definition) is 1. The summed E-state index contributed by atoms with van der Waals surface area (Å²) in [6.07, 6.45) is 0. The molecule has 1 aliphatic heterocycles. The third-order valence-electron chi connectivity index (χ3n) is 3.66. The number of H-pyrrole nitrogens is 1. The quantitative estimate of drug-likeness (QED) is 0.940. The molecule has 0 fully saturated rings. The maximum atomic E-state index is 12.4. The molecule has 0 spiro atoms. The molecular formula is C16H19N3O2S. The fraction of sp³-hybridized carbons (Fsp3) is 0.375. The zero-order chi connectivity index (χ0) is 15.9. The highest BCUT2D eigenvalue weighted by Gasteiger charge is 2.30. The van der Waals surface area contributed by atoms with E-state index in [0.717, 1.165) is 27.7 Å². The molecule has 1 N–H and O–H groups in total. The lowest BCUT2D eigenvalue weighted by molar-refractivity contribution is 0.414. The van der Waals surface area contributed by atoms with Crippen molar-refractivity contribution in [3.8, 4) is 5.75 Å². The molecule has 0 saturated heterocycles. The first-order valence-corrected chi connectivity index (χ1v) is 8.09. The standard InChI is InChI=1S/C16H19N3O2S/c1-9(2)19-15-13(16(20)18-19)14(22-10(3)17-15)11-6-5-7-12(8-11)21-4/h5-9,14H,1-4H3,(H,18,20)/t14-/m0/s1. The minimum Gasteiger partial charge on any atom is -0.497 e. The number of aliphatic imine (C=N–C) groups is 1. The van der Waals surface area contributed by atoms with Gasteiger partial charge in [-0.25, -0.2) is 4.99 Å². The second kappa shape index (κ2) is 5.68. The van der Waals surface area contributed by atoms with Crippen LogP contribution in [0.4, 0.5) is 5.82 Å². The van der Waals surface area contributed by atoms with Crippen molar-refractivity contribution < 1.29 is 4.74 Å². The minimum absolute atomic E-state index is 0.0636. The average Bonchev–Trinajstić information content (AvgIpc) is 2.83. The van der Waals surface area contributed by atoms with E-state index in [4.69, 9.17) is 4.74 Å². The van der Waals surface area contributed by atoms with Gasteiger partial charge in [0, 0.05) is 6.04 Å². The van der Waals surface area contributed by atoms with Crippen molar-refractivity contribution in [1.82, 2.24) is 9.78 Å². The van der Waals surface area contributed by atoms with Gasteiger partial charge in [0.2, 0.25) is 0 Å². The van der Waals surface area contributed by atoms with Crippen LogP contribution in [0.5, 0.6) is 5.75 Å². The van der Waals surface area contributed by atoms with Crippen molar-refractivity contribution in [2.75, 3.05) is 7.11 Å². The van der Waals surface area contributed by atoms with E-state index < -0.39 is 0 Å². The van der Waals surface area contributed by atoms with Crippen LogP contribution in [0.25, 0.3) is 0 Å². The minimum atomic E-state index is -0.0692. The molecule has 0 radical (unpaired) electrons. The zero-order valence-corrected chi connectivity index (χ0v) is 13.9. The van der Waals surface area contributed by atoms with Crippen molar-refractivity contribution in [2.24, 2.45) is 4.99 Å². The number of nitrogens with one attached hydrogen (secondary N) is 1. The van der Waals surface area contributed by atoms with Gasteiger partial charge in [0.25, 0.3) is 5.56 Å². The van der Waals surface area contributed by atoms with Gasteiger partial charge in [0.15, 0.2) is 5.82 Å². The Labute approximate surface area is 133 Å². The molecule has 5 nitrogen and oxygen atoms in total. The molecule has 2 aromatic rings. The Kier molecular flexibility index (Phi) is 3.87. The third kappa shape index (κ3) is 2.47. The predicted octanol–water partition coefficient (Wildman–Crippen LogP) is 3.65. The van der Waals surface area contributed by atoms with Crippen molar-refractivity contribution in [1.29, 1.82) is 0 Å². The summed E-state index contributed by atoms with van der Waals surface area (Å²) in [5, 5.41) is 3.80. The van der Waals surface area contributed by atoms with Crippen LogP contribution >= 0.6 is 11.8 Å². The molecule has 0 amide bonds. The van der Waals surface area contributed by atoms with E-state index >= 15 is 0 Å². The Morgan fingerprint density at radius 3 is 2.86 bits per heavy atom. The smallest absolute Gasteiger partial charge is 0.271 e. The zero-order valence-electron chi connectivity index (χ0n) is 13.1. The topological polar surface area (TPSA) is 59.4 Å².